The summed E-state index contributed by atoms with van der Waals surface area (Å²) in [6.45, 7) is 7.47. The van der Waals surface area contributed by atoms with Gasteiger partial charge in [0.1, 0.15) is 0 Å². The molecule has 0 aliphatic heterocycles. The van der Waals surface area contributed by atoms with Crippen LogP contribution in [0.2, 0.25) is 0 Å². The first-order chi connectivity index (χ1) is 9.11. The minimum atomic E-state index is 0.414. The van der Waals surface area contributed by atoms with Crippen molar-refractivity contribution in [3.8, 4) is 0 Å². The number of rotatable bonds is 4. The fourth-order valence-corrected chi connectivity index (χ4v) is 3.35. The summed E-state index contributed by atoms with van der Waals surface area (Å²) >= 11 is 0. The van der Waals surface area contributed by atoms with Crippen LogP contribution in [-0.2, 0) is 0 Å². The number of nitrogens with one attached hydrogen (secondary N) is 1. The highest BCUT2D eigenvalue weighted by molar-refractivity contribution is 5.32. The van der Waals surface area contributed by atoms with Gasteiger partial charge in [0.25, 0.3) is 0 Å². The Bertz CT molecular complexity index is 414. The third kappa shape index (κ3) is 3.58. The van der Waals surface area contributed by atoms with E-state index in [9.17, 15) is 0 Å². The van der Waals surface area contributed by atoms with E-state index in [0.29, 0.717) is 18.0 Å². The van der Waals surface area contributed by atoms with E-state index >= 15 is 0 Å². The molecule has 1 aliphatic carbocycles. The Balaban J connectivity index is 2.07. The maximum Gasteiger partial charge on any atom is 0.0297 e. The van der Waals surface area contributed by atoms with Crippen molar-refractivity contribution in [2.24, 2.45) is 11.7 Å². The van der Waals surface area contributed by atoms with Crippen LogP contribution < -0.4 is 11.1 Å². The summed E-state index contributed by atoms with van der Waals surface area (Å²) in [7, 11) is 0. The molecule has 0 spiro atoms. The summed E-state index contributed by atoms with van der Waals surface area (Å²) in [5.74, 6) is 0.654. The molecule has 0 radical (unpaired) electrons. The van der Waals surface area contributed by atoms with Crippen LogP contribution in [0.1, 0.15) is 55.3 Å². The average molecular weight is 260 g/mol. The first kappa shape index (κ1) is 14.5. The lowest BCUT2D eigenvalue weighted by molar-refractivity contribution is 0.252. The van der Waals surface area contributed by atoms with Crippen LogP contribution >= 0.6 is 0 Å². The third-order valence-electron chi connectivity index (χ3n) is 4.58. The summed E-state index contributed by atoms with van der Waals surface area (Å²) in [5.41, 5.74) is 10.1. The monoisotopic (exact) mass is 260 g/mol. The highest BCUT2D eigenvalue weighted by atomic mass is 15.0. The standard InChI is InChI=1S/C17H28N2/c1-12-8-9-13(2)16(10-12)14(3)19-17-7-5-4-6-15(17)11-18/h8-10,14-15,17,19H,4-7,11,18H2,1-3H3. The van der Waals surface area contributed by atoms with E-state index in [1.807, 2.05) is 0 Å². The van der Waals surface area contributed by atoms with Crippen molar-refractivity contribution < 1.29 is 0 Å². The van der Waals surface area contributed by atoms with Crippen LogP contribution in [0.25, 0.3) is 0 Å². The molecular formula is C17H28N2. The quantitative estimate of drug-likeness (QED) is 0.870. The van der Waals surface area contributed by atoms with Crippen molar-refractivity contribution >= 4 is 0 Å². The Morgan fingerprint density at radius 1 is 1.26 bits per heavy atom. The fraction of sp³-hybridized carbons (Fsp3) is 0.647. The van der Waals surface area contributed by atoms with E-state index in [1.54, 1.807) is 0 Å². The van der Waals surface area contributed by atoms with Crippen molar-refractivity contribution in [2.45, 2.75) is 58.5 Å². The van der Waals surface area contributed by atoms with Crippen molar-refractivity contribution in [3.05, 3.63) is 34.9 Å². The molecule has 1 aromatic carbocycles. The zero-order valence-corrected chi connectivity index (χ0v) is 12.6. The Morgan fingerprint density at radius 3 is 2.74 bits per heavy atom. The van der Waals surface area contributed by atoms with Gasteiger partial charge in [0.05, 0.1) is 0 Å². The molecule has 2 heteroatoms. The Labute approximate surface area is 117 Å². The smallest absolute Gasteiger partial charge is 0.0297 e. The lowest BCUT2D eigenvalue weighted by atomic mass is 9.83. The van der Waals surface area contributed by atoms with Gasteiger partial charge >= 0.3 is 0 Å². The molecule has 1 aliphatic rings. The Morgan fingerprint density at radius 2 is 2.00 bits per heavy atom. The van der Waals surface area contributed by atoms with Crippen LogP contribution in [0.15, 0.2) is 18.2 Å². The predicted molar refractivity (Wildman–Crippen MR) is 82.3 cm³/mol. The maximum absolute atomic E-state index is 5.92. The first-order valence-electron chi connectivity index (χ1n) is 7.65. The summed E-state index contributed by atoms with van der Waals surface area (Å²) in [5, 5.41) is 3.82. The van der Waals surface area contributed by atoms with Crippen molar-refractivity contribution in [3.63, 3.8) is 0 Å². The maximum atomic E-state index is 5.92. The second-order valence-electron chi connectivity index (χ2n) is 6.14. The van der Waals surface area contributed by atoms with Crippen molar-refractivity contribution in [1.29, 1.82) is 0 Å². The number of nitrogens with two attached hydrogens (primary N) is 1. The van der Waals surface area contributed by atoms with E-state index in [1.165, 1.54) is 42.4 Å². The zero-order chi connectivity index (χ0) is 13.8. The largest absolute Gasteiger partial charge is 0.330 e. The Kier molecular flexibility index (Phi) is 5.00. The molecule has 2 nitrogen and oxygen atoms in total. The molecule has 1 aromatic rings. The fourth-order valence-electron chi connectivity index (χ4n) is 3.35. The van der Waals surface area contributed by atoms with Crippen LogP contribution in [0.3, 0.4) is 0 Å². The van der Waals surface area contributed by atoms with Crippen LogP contribution in [0.5, 0.6) is 0 Å². The molecule has 0 bridgehead atoms. The lowest BCUT2D eigenvalue weighted by Crippen LogP contribution is -2.43. The van der Waals surface area contributed by atoms with Crippen LogP contribution in [0.4, 0.5) is 0 Å². The highest BCUT2D eigenvalue weighted by Gasteiger charge is 2.25. The predicted octanol–water partition coefficient (Wildman–Crippen LogP) is 3.47. The molecule has 3 unspecified atom stereocenters. The molecule has 2 rings (SSSR count). The van der Waals surface area contributed by atoms with E-state index < -0.39 is 0 Å². The van der Waals surface area contributed by atoms with Gasteiger partial charge in [-0.05, 0) is 57.2 Å². The van der Waals surface area contributed by atoms with Crippen LogP contribution in [0, 0.1) is 19.8 Å². The second-order valence-corrected chi connectivity index (χ2v) is 6.14. The van der Waals surface area contributed by atoms with Gasteiger partial charge in [0.15, 0.2) is 0 Å². The molecule has 106 valence electrons. The molecule has 3 N–H and O–H groups in total. The first-order valence-corrected chi connectivity index (χ1v) is 7.65. The molecular weight excluding hydrogens is 232 g/mol. The molecule has 0 aromatic heterocycles. The zero-order valence-electron chi connectivity index (χ0n) is 12.6. The van der Waals surface area contributed by atoms with E-state index in [0.717, 1.165) is 6.54 Å². The average Bonchev–Trinajstić information content (AvgIpc) is 2.42. The van der Waals surface area contributed by atoms with Gasteiger partial charge in [-0.3, -0.25) is 0 Å². The second kappa shape index (κ2) is 6.53. The molecule has 0 heterocycles. The van der Waals surface area contributed by atoms with Gasteiger partial charge in [0.2, 0.25) is 0 Å². The van der Waals surface area contributed by atoms with E-state index in [4.69, 9.17) is 5.73 Å². The number of hydrogen-bond donors (Lipinski definition) is 2. The normalized spacial score (nSPS) is 25.3. The van der Waals surface area contributed by atoms with Gasteiger partial charge in [-0.2, -0.15) is 0 Å². The summed E-state index contributed by atoms with van der Waals surface area (Å²) in [4.78, 5) is 0. The van der Waals surface area contributed by atoms with Gasteiger partial charge in [-0.25, -0.2) is 0 Å². The van der Waals surface area contributed by atoms with Gasteiger partial charge in [-0.1, -0.05) is 36.6 Å². The summed E-state index contributed by atoms with van der Waals surface area (Å²) in [6, 6.07) is 7.73. The SMILES string of the molecule is Cc1ccc(C)c(C(C)NC2CCCCC2CN)c1. The molecule has 1 saturated carbocycles. The minimum Gasteiger partial charge on any atom is -0.330 e. The number of hydrogen-bond acceptors (Lipinski definition) is 2. The third-order valence-corrected chi connectivity index (χ3v) is 4.58. The van der Waals surface area contributed by atoms with Crippen LogP contribution in [-0.4, -0.2) is 12.6 Å². The van der Waals surface area contributed by atoms with E-state index in [-0.39, 0.29) is 0 Å². The highest BCUT2D eigenvalue weighted by Crippen LogP contribution is 2.27. The topological polar surface area (TPSA) is 38.0 Å². The van der Waals surface area contributed by atoms with Gasteiger partial charge in [0, 0.05) is 12.1 Å². The molecule has 1 fully saturated rings. The molecule has 0 saturated heterocycles. The minimum absolute atomic E-state index is 0.414. The number of aryl methyl sites for hydroxylation is 2. The molecule has 3 atom stereocenters. The van der Waals surface area contributed by atoms with Gasteiger partial charge < -0.3 is 11.1 Å². The van der Waals surface area contributed by atoms with Crippen molar-refractivity contribution in [2.75, 3.05) is 6.54 Å². The summed E-state index contributed by atoms with van der Waals surface area (Å²) < 4.78 is 0. The molecule has 0 amide bonds. The van der Waals surface area contributed by atoms with E-state index in [2.05, 4.69) is 44.3 Å². The lowest BCUT2D eigenvalue weighted by Gasteiger charge is -2.34. The summed E-state index contributed by atoms with van der Waals surface area (Å²) in [6.07, 6.45) is 5.25. The Hall–Kier alpha value is -0.860. The molecule has 19 heavy (non-hydrogen) atoms. The van der Waals surface area contributed by atoms with Gasteiger partial charge in [-0.15, -0.1) is 0 Å². The van der Waals surface area contributed by atoms with Crippen molar-refractivity contribution in [1.82, 2.24) is 5.32 Å². The number of benzene rings is 1.